The Morgan fingerprint density at radius 1 is 0.853 bits per heavy atom. The average molecular weight is 458 g/mol. The van der Waals surface area contributed by atoms with Crippen LogP contribution in [0.2, 0.25) is 0 Å². The minimum absolute atomic E-state index is 0.0568. The van der Waals surface area contributed by atoms with Crippen LogP contribution in [0, 0.1) is 6.92 Å². The van der Waals surface area contributed by atoms with Gasteiger partial charge in [-0.1, -0.05) is 42.0 Å². The highest BCUT2D eigenvalue weighted by molar-refractivity contribution is 5.92. The number of ether oxygens (including phenoxy) is 1. The Bertz CT molecular complexity index is 1120. The second kappa shape index (κ2) is 10.9. The fraction of sp³-hybridized carbons (Fsp3) is 0.286. The molecule has 0 radical (unpaired) electrons. The van der Waals surface area contributed by atoms with Crippen LogP contribution in [-0.2, 0) is 22.4 Å². The zero-order valence-electron chi connectivity index (χ0n) is 19.8. The molecule has 34 heavy (non-hydrogen) atoms. The third-order valence-corrected chi connectivity index (χ3v) is 6.11. The summed E-state index contributed by atoms with van der Waals surface area (Å²) in [5.74, 6) is 0.898. The van der Waals surface area contributed by atoms with Gasteiger partial charge >= 0.3 is 0 Å². The second-order valence-electron chi connectivity index (χ2n) is 8.65. The van der Waals surface area contributed by atoms with Gasteiger partial charge < -0.3 is 19.9 Å². The Labute approximate surface area is 201 Å². The Morgan fingerprint density at radius 2 is 1.56 bits per heavy atom. The Hall–Kier alpha value is -3.80. The predicted octanol–water partition coefficient (Wildman–Crippen LogP) is 4.08. The molecular formula is C28H31N3O3. The van der Waals surface area contributed by atoms with E-state index in [-0.39, 0.29) is 11.8 Å². The smallest absolute Gasteiger partial charge is 0.228 e. The number of carbonyl (C=O) groups is 2. The summed E-state index contributed by atoms with van der Waals surface area (Å²) in [4.78, 5) is 29.3. The number of anilines is 2. The number of nitrogens with zero attached hydrogens (tertiary/aromatic N) is 2. The lowest BCUT2D eigenvalue weighted by molar-refractivity contribution is -0.130. The van der Waals surface area contributed by atoms with Crippen molar-refractivity contribution in [1.82, 2.24) is 4.90 Å². The molecule has 1 saturated heterocycles. The fourth-order valence-electron chi connectivity index (χ4n) is 4.21. The van der Waals surface area contributed by atoms with Gasteiger partial charge in [0.15, 0.2) is 0 Å². The van der Waals surface area contributed by atoms with Crippen molar-refractivity contribution >= 4 is 23.2 Å². The van der Waals surface area contributed by atoms with Crippen molar-refractivity contribution in [2.45, 2.75) is 19.8 Å². The first kappa shape index (κ1) is 23.4. The molecule has 1 fully saturated rings. The zero-order chi connectivity index (χ0) is 23.9. The van der Waals surface area contributed by atoms with Gasteiger partial charge in [0.2, 0.25) is 11.8 Å². The van der Waals surface area contributed by atoms with E-state index in [4.69, 9.17) is 4.74 Å². The van der Waals surface area contributed by atoms with E-state index in [9.17, 15) is 9.59 Å². The van der Waals surface area contributed by atoms with E-state index < -0.39 is 0 Å². The molecule has 0 saturated carbocycles. The predicted molar refractivity (Wildman–Crippen MR) is 135 cm³/mol. The first-order valence-electron chi connectivity index (χ1n) is 11.6. The van der Waals surface area contributed by atoms with E-state index in [0.717, 1.165) is 41.3 Å². The normalized spacial score (nSPS) is 13.5. The van der Waals surface area contributed by atoms with Gasteiger partial charge in [-0.15, -0.1) is 0 Å². The monoisotopic (exact) mass is 457 g/mol. The molecule has 1 heterocycles. The largest absolute Gasteiger partial charge is 0.497 e. The van der Waals surface area contributed by atoms with Crippen LogP contribution in [0.5, 0.6) is 5.75 Å². The number of aryl methyl sites for hydroxylation is 1. The molecule has 0 bridgehead atoms. The molecule has 176 valence electrons. The number of methoxy groups -OCH3 is 1. The number of rotatable bonds is 7. The Morgan fingerprint density at radius 3 is 2.21 bits per heavy atom. The number of hydrogen-bond donors (Lipinski definition) is 1. The molecular weight excluding hydrogens is 426 g/mol. The number of carbonyl (C=O) groups excluding carboxylic acids is 2. The van der Waals surface area contributed by atoms with Crippen LogP contribution >= 0.6 is 0 Å². The van der Waals surface area contributed by atoms with E-state index >= 15 is 0 Å². The molecule has 0 atom stereocenters. The molecule has 6 heteroatoms. The summed E-state index contributed by atoms with van der Waals surface area (Å²) < 4.78 is 5.15. The number of benzene rings is 3. The van der Waals surface area contributed by atoms with E-state index in [1.54, 1.807) is 7.11 Å². The summed E-state index contributed by atoms with van der Waals surface area (Å²) in [7, 11) is 1.62. The molecule has 0 unspecified atom stereocenters. The Kier molecular flexibility index (Phi) is 7.48. The minimum atomic E-state index is -0.0568. The van der Waals surface area contributed by atoms with E-state index in [1.807, 2.05) is 78.6 Å². The van der Waals surface area contributed by atoms with Gasteiger partial charge in [-0.25, -0.2) is 0 Å². The molecule has 0 aromatic heterocycles. The van der Waals surface area contributed by atoms with Crippen molar-refractivity contribution in [3.63, 3.8) is 0 Å². The highest BCUT2D eigenvalue weighted by Crippen LogP contribution is 2.20. The highest BCUT2D eigenvalue weighted by Gasteiger charge is 2.21. The standard InChI is InChI=1S/C28H31N3O3/c1-21-4-3-5-23(18-21)20-28(33)31-16-14-30(15-17-31)25-10-8-24(9-11-25)29-27(32)19-22-6-12-26(34-2)13-7-22/h3-13,18H,14-17,19-20H2,1-2H3,(H,29,32). The Balaban J connectivity index is 1.25. The number of nitrogens with one attached hydrogen (secondary N) is 1. The van der Waals surface area contributed by atoms with E-state index in [1.165, 1.54) is 5.56 Å². The second-order valence-corrected chi connectivity index (χ2v) is 8.65. The molecule has 0 spiro atoms. The lowest BCUT2D eigenvalue weighted by Crippen LogP contribution is -2.49. The molecule has 4 rings (SSSR count). The lowest BCUT2D eigenvalue weighted by Gasteiger charge is -2.36. The SMILES string of the molecule is COc1ccc(CC(=O)Nc2ccc(N3CCN(C(=O)Cc4cccc(C)c4)CC3)cc2)cc1. The third kappa shape index (κ3) is 6.16. The van der Waals surface area contributed by atoms with Crippen molar-refractivity contribution in [3.8, 4) is 5.75 Å². The summed E-state index contributed by atoms with van der Waals surface area (Å²) in [6.45, 7) is 5.06. The summed E-state index contributed by atoms with van der Waals surface area (Å²) in [6, 6.07) is 23.5. The van der Waals surface area contributed by atoms with Gasteiger partial charge in [0.1, 0.15) is 5.75 Å². The van der Waals surface area contributed by atoms with Crippen LogP contribution in [0.4, 0.5) is 11.4 Å². The van der Waals surface area contributed by atoms with Crippen LogP contribution in [-0.4, -0.2) is 50.0 Å². The van der Waals surface area contributed by atoms with Crippen molar-refractivity contribution in [2.75, 3.05) is 43.5 Å². The summed E-state index contributed by atoms with van der Waals surface area (Å²) in [5, 5.41) is 2.96. The van der Waals surface area contributed by atoms with Gasteiger partial charge in [0, 0.05) is 37.6 Å². The molecule has 3 aromatic rings. The third-order valence-electron chi connectivity index (χ3n) is 6.11. The molecule has 0 aliphatic carbocycles. The molecule has 1 aliphatic rings. The van der Waals surface area contributed by atoms with Crippen LogP contribution in [0.15, 0.2) is 72.8 Å². The van der Waals surface area contributed by atoms with Crippen LogP contribution in [0.1, 0.15) is 16.7 Å². The van der Waals surface area contributed by atoms with E-state index in [2.05, 4.69) is 16.3 Å². The number of piperazine rings is 1. The molecule has 2 amide bonds. The van der Waals surface area contributed by atoms with Crippen LogP contribution < -0.4 is 15.0 Å². The molecule has 1 N–H and O–H groups in total. The van der Waals surface area contributed by atoms with Gasteiger partial charge in [-0.05, 0) is 54.4 Å². The zero-order valence-corrected chi connectivity index (χ0v) is 19.8. The van der Waals surface area contributed by atoms with Crippen molar-refractivity contribution in [1.29, 1.82) is 0 Å². The number of amides is 2. The quantitative estimate of drug-likeness (QED) is 0.581. The average Bonchev–Trinajstić information content (AvgIpc) is 2.85. The lowest BCUT2D eigenvalue weighted by atomic mass is 10.1. The minimum Gasteiger partial charge on any atom is -0.497 e. The van der Waals surface area contributed by atoms with Crippen molar-refractivity contribution in [2.24, 2.45) is 0 Å². The van der Waals surface area contributed by atoms with Crippen molar-refractivity contribution < 1.29 is 14.3 Å². The van der Waals surface area contributed by atoms with Gasteiger partial charge in [-0.2, -0.15) is 0 Å². The summed E-state index contributed by atoms with van der Waals surface area (Å²) >= 11 is 0. The topological polar surface area (TPSA) is 61.9 Å². The maximum Gasteiger partial charge on any atom is 0.228 e. The molecule has 3 aromatic carbocycles. The van der Waals surface area contributed by atoms with Gasteiger partial charge in [-0.3, -0.25) is 9.59 Å². The first-order valence-corrected chi connectivity index (χ1v) is 11.6. The molecule has 6 nitrogen and oxygen atoms in total. The highest BCUT2D eigenvalue weighted by atomic mass is 16.5. The maximum absolute atomic E-state index is 12.7. The van der Waals surface area contributed by atoms with E-state index in [0.29, 0.717) is 25.9 Å². The first-order chi connectivity index (χ1) is 16.5. The molecule has 1 aliphatic heterocycles. The maximum atomic E-state index is 12.7. The van der Waals surface area contributed by atoms with Gasteiger partial charge in [0.05, 0.1) is 20.0 Å². The van der Waals surface area contributed by atoms with Gasteiger partial charge in [0.25, 0.3) is 0 Å². The number of hydrogen-bond acceptors (Lipinski definition) is 4. The fourth-order valence-corrected chi connectivity index (χ4v) is 4.21. The summed E-state index contributed by atoms with van der Waals surface area (Å²) in [5.41, 5.74) is 5.05. The van der Waals surface area contributed by atoms with Crippen LogP contribution in [0.3, 0.4) is 0 Å². The van der Waals surface area contributed by atoms with Crippen molar-refractivity contribution in [3.05, 3.63) is 89.5 Å². The summed E-state index contributed by atoms with van der Waals surface area (Å²) in [6.07, 6.45) is 0.761. The van der Waals surface area contributed by atoms with Crippen LogP contribution in [0.25, 0.3) is 0 Å².